The lowest BCUT2D eigenvalue weighted by Gasteiger charge is -2.20. The van der Waals surface area contributed by atoms with Gasteiger partial charge in [0.15, 0.2) is 0 Å². The minimum atomic E-state index is -0.0833. The van der Waals surface area contributed by atoms with Gasteiger partial charge in [0.1, 0.15) is 0 Å². The van der Waals surface area contributed by atoms with Crippen LogP contribution in [0.4, 0.5) is 0 Å². The Morgan fingerprint density at radius 1 is 1.29 bits per heavy atom. The molecule has 1 rings (SSSR count). The van der Waals surface area contributed by atoms with Crippen molar-refractivity contribution in [3.8, 4) is 0 Å². The molecular formula is C13H26N2O2. The monoisotopic (exact) mass is 242 g/mol. The lowest BCUT2D eigenvalue weighted by molar-refractivity contribution is -0.150. The third kappa shape index (κ3) is 6.64. The zero-order valence-corrected chi connectivity index (χ0v) is 11.4. The predicted octanol–water partition coefficient (Wildman–Crippen LogP) is 1.26. The molecule has 0 aromatic rings. The molecule has 1 unspecified atom stereocenters. The van der Waals surface area contributed by atoms with E-state index in [2.05, 4.69) is 24.1 Å². The van der Waals surface area contributed by atoms with Gasteiger partial charge in [0.2, 0.25) is 0 Å². The highest BCUT2D eigenvalue weighted by atomic mass is 16.5. The summed E-state index contributed by atoms with van der Waals surface area (Å²) in [5, 5.41) is 3.32. The molecule has 1 heterocycles. The zero-order valence-electron chi connectivity index (χ0n) is 11.4. The number of hydrogen-bond acceptors (Lipinski definition) is 4. The molecule has 1 aliphatic rings. The summed E-state index contributed by atoms with van der Waals surface area (Å²) in [6, 6.07) is 0. The van der Waals surface area contributed by atoms with E-state index < -0.39 is 0 Å². The Hall–Kier alpha value is -0.610. The maximum absolute atomic E-state index is 11.7. The minimum Gasteiger partial charge on any atom is -0.462 e. The highest BCUT2D eigenvalue weighted by Crippen LogP contribution is 2.08. The smallest absolute Gasteiger partial charge is 0.320 e. The summed E-state index contributed by atoms with van der Waals surface area (Å²) in [6.07, 6.45) is 2.08. The van der Waals surface area contributed by atoms with Gasteiger partial charge in [-0.2, -0.15) is 0 Å². The second-order valence-electron chi connectivity index (χ2n) is 5.31. The van der Waals surface area contributed by atoms with Crippen LogP contribution in [-0.4, -0.2) is 49.7 Å². The van der Waals surface area contributed by atoms with Crippen LogP contribution in [0.1, 0.15) is 33.6 Å². The lowest BCUT2D eigenvalue weighted by atomic mass is 10.1. The Bertz CT molecular complexity index is 223. The van der Waals surface area contributed by atoms with Crippen molar-refractivity contribution in [2.45, 2.75) is 39.7 Å². The standard InChI is InChI=1S/C13H26N2O2/c1-11(2)9-12(3)17-13(16)10-15-7-4-5-14-6-8-15/h11-12,14H,4-10H2,1-3H3. The number of hydrogen-bond donors (Lipinski definition) is 1. The summed E-state index contributed by atoms with van der Waals surface area (Å²) in [6.45, 7) is 10.6. The van der Waals surface area contributed by atoms with Crippen LogP contribution in [0.3, 0.4) is 0 Å². The summed E-state index contributed by atoms with van der Waals surface area (Å²) in [7, 11) is 0. The first-order valence-electron chi connectivity index (χ1n) is 6.70. The molecule has 1 saturated heterocycles. The van der Waals surface area contributed by atoms with Gasteiger partial charge in [-0.05, 0) is 38.8 Å². The molecule has 17 heavy (non-hydrogen) atoms. The first-order chi connectivity index (χ1) is 8.08. The SMILES string of the molecule is CC(C)CC(C)OC(=O)CN1CCCNCC1. The number of carbonyl (C=O) groups excluding carboxylic acids is 1. The third-order valence-corrected chi connectivity index (χ3v) is 2.92. The summed E-state index contributed by atoms with van der Waals surface area (Å²) in [5.41, 5.74) is 0. The molecule has 0 aromatic heterocycles. The van der Waals surface area contributed by atoms with Crippen LogP contribution in [0, 0.1) is 5.92 Å². The molecule has 0 radical (unpaired) electrons. The van der Waals surface area contributed by atoms with Crippen molar-refractivity contribution in [1.29, 1.82) is 0 Å². The van der Waals surface area contributed by atoms with Gasteiger partial charge in [-0.25, -0.2) is 0 Å². The van der Waals surface area contributed by atoms with Crippen molar-refractivity contribution in [2.24, 2.45) is 5.92 Å². The Morgan fingerprint density at radius 3 is 2.76 bits per heavy atom. The molecular weight excluding hydrogens is 216 g/mol. The van der Waals surface area contributed by atoms with Crippen molar-refractivity contribution in [3.05, 3.63) is 0 Å². The van der Waals surface area contributed by atoms with E-state index >= 15 is 0 Å². The van der Waals surface area contributed by atoms with Crippen LogP contribution < -0.4 is 5.32 Å². The van der Waals surface area contributed by atoms with Gasteiger partial charge < -0.3 is 10.1 Å². The highest BCUT2D eigenvalue weighted by molar-refractivity contribution is 5.71. The van der Waals surface area contributed by atoms with Crippen LogP contribution in [0.15, 0.2) is 0 Å². The van der Waals surface area contributed by atoms with Crippen molar-refractivity contribution in [2.75, 3.05) is 32.7 Å². The molecule has 100 valence electrons. The van der Waals surface area contributed by atoms with Gasteiger partial charge in [-0.3, -0.25) is 9.69 Å². The summed E-state index contributed by atoms with van der Waals surface area (Å²) >= 11 is 0. The average molecular weight is 242 g/mol. The number of ether oxygens (including phenoxy) is 1. The molecule has 1 aliphatic heterocycles. The molecule has 0 spiro atoms. The van der Waals surface area contributed by atoms with Gasteiger partial charge in [0.05, 0.1) is 12.6 Å². The second-order valence-corrected chi connectivity index (χ2v) is 5.31. The quantitative estimate of drug-likeness (QED) is 0.737. The molecule has 4 heteroatoms. The predicted molar refractivity (Wildman–Crippen MR) is 68.9 cm³/mol. The molecule has 0 aromatic carbocycles. The van der Waals surface area contributed by atoms with E-state index in [0.717, 1.165) is 39.0 Å². The second kappa shape index (κ2) is 7.67. The number of esters is 1. The van der Waals surface area contributed by atoms with Crippen LogP contribution in [-0.2, 0) is 9.53 Å². The Balaban J connectivity index is 2.23. The number of carbonyl (C=O) groups is 1. The topological polar surface area (TPSA) is 41.6 Å². The summed E-state index contributed by atoms with van der Waals surface area (Å²) in [5.74, 6) is 0.486. The van der Waals surface area contributed by atoms with Gasteiger partial charge in [-0.15, -0.1) is 0 Å². The van der Waals surface area contributed by atoms with Crippen molar-refractivity contribution in [3.63, 3.8) is 0 Å². The summed E-state index contributed by atoms with van der Waals surface area (Å²) < 4.78 is 5.40. The van der Waals surface area contributed by atoms with Gasteiger partial charge in [0.25, 0.3) is 0 Å². The van der Waals surface area contributed by atoms with E-state index in [9.17, 15) is 4.79 Å². The molecule has 0 amide bonds. The maximum Gasteiger partial charge on any atom is 0.320 e. The fraction of sp³-hybridized carbons (Fsp3) is 0.923. The number of rotatable bonds is 5. The Labute approximate surface area is 105 Å². The fourth-order valence-corrected chi connectivity index (χ4v) is 2.22. The Kier molecular flexibility index (Phi) is 6.52. The van der Waals surface area contributed by atoms with Gasteiger partial charge in [0, 0.05) is 13.1 Å². The average Bonchev–Trinajstić information content (AvgIpc) is 2.44. The molecule has 0 aliphatic carbocycles. The van der Waals surface area contributed by atoms with Crippen molar-refractivity contribution in [1.82, 2.24) is 10.2 Å². The molecule has 1 fully saturated rings. The number of nitrogens with zero attached hydrogens (tertiary/aromatic N) is 1. The third-order valence-electron chi connectivity index (χ3n) is 2.92. The van der Waals surface area contributed by atoms with Crippen LogP contribution in [0.2, 0.25) is 0 Å². The minimum absolute atomic E-state index is 0.0348. The van der Waals surface area contributed by atoms with Gasteiger partial charge in [-0.1, -0.05) is 13.8 Å². The Morgan fingerprint density at radius 2 is 2.06 bits per heavy atom. The lowest BCUT2D eigenvalue weighted by Crippen LogP contribution is -2.35. The van der Waals surface area contributed by atoms with E-state index in [1.807, 2.05) is 6.92 Å². The molecule has 1 atom stereocenters. The van der Waals surface area contributed by atoms with Gasteiger partial charge >= 0.3 is 5.97 Å². The molecule has 0 saturated carbocycles. The van der Waals surface area contributed by atoms with E-state index in [4.69, 9.17) is 4.74 Å². The largest absolute Gasteiger partial charge is 0.462 e. The van der Waals surface area contributed by atoms with Crippen molar-refractivity contribution >= 4 is 5.97 Å². The van der Waals surface area contributed by atoms with Crippen LogP contribution >= 0.6 is 0 Å². The molecule has 1 N–H and O–H groups in total. The van der Waals surface area contributed by atoms with Crippen molar-refractivity contribution < 1.29 is 9.53 Å². The maximum atomic E-state index is 11.7. The first kappa shape index (κ1) is 14.5. The van der Waals surface area contributed by atoms with Crippen LogP contribution in [0.25, 0.3) is 0 Å². The summed E-state index contributed by atoms with van der Waals surface area (Å²) in [4.78, 5) is 13.9. The highest BCUT2D eigenvalue weighted by Gasteiger charge is 2.16. The van der Waals surface area contributed by atoms with E-state index in [-0.39, 0.29) is 12.1 Å². The fourth-order valence-electron chi connectivity index (χ4n) is 2.22. The first-order valence-corrected chi connectivity index (χ1v) is 6.70. The van der Waals surface area contributed by atoms with E-state index in [1.165, 1.54) is 0 Å². The molecule has 0 bridgehead atoms. The molecule has 4 nitrogen and oxygen atoms in total. The number of nitrogens with one attached hydrogen (secondary N) is 1. The zero-order chi connectivity index (χ0) is 12.7. The van der Waals surface area contributed by atoms with E-state index in [1.54, 1.807) is 0 Å². The van der Waals surface area contributed by atoms with Crippen LogP contribution in [0.5, 0.6) is 0 Å². The van der Waals surface area contributed by atoms with E-state index in [0.29, 0.717) is 12.5 Å². The normalized spacial score (nSPS) is 20.0.